The van der Waals surface area contributed by atoms with Crippen LogP contribution in [0.3, 0.4) is 0 Å². The van der Waals surface area contributed by atoms with E-state index in [0.717, 1.165) is 0 Å². The minimum Gasteiger partial charge on any atom is -0.340 e. The van der Waals surface area contributed by atoms with Crippen LogP contribution in [-0.4, -0.2) is 25.3 Å². The number of hydrogen-bond donors (Lipinski definition) is 0. The molecule has 0 heterocycles. The molecule has 0 unspecified atom stereocenters. The Kier molecular flexibility index (Phi) is 5.09. The summed E-state index contributed by atoms with van der Waals surface area (Å²) in [7, 11) is 3.75. The molecule has 0 saturated heterocycles. The molecule has 0 aliphatic rings. The molecule has 0 N–H and O–H groups in total. The van der Waals surface area contributed by atoms with E-state index in [2.05, 4.69) is 37.9 Å². The standard InChI is InChI=1S/C10H18N2/c1-9(2)6-7-10(3)12(5)8-11-4/h6-8H,1-5H3/b10-7+,11-8-. The highest BCUT2D eigenvalue weighted by Gasteiger charge is 1.90. The number of aliphatic imine (C=N–C) groups is 1. The Morgan fingerprint density at radius 2 is 1.75 bits per heavy atom. The average molecular weight is 166 g/mol. The molecule has 0 aromatic rings. The van der Waals surface area contributed by atoms with Crippen LogP contribution in [0.4, 0.5) is 0 Å². The summed E-state index contributed by atoms with van der Waals surface area (Å²) in [5, 5.41) is 0. The maximum absolute atomic E-state index is 3.92. The van der Waals surface area contributed by atoms with Gasteiger partial charge in [-0.25, -0.2) is 0 Å². The van der Waals surface area contributed by atoms with Crippen LogP contribution in [0.25, 0.3) is 0 Å². The maximum atomic E-state index is 3.92. The third-order valence-electron chi connectivity index (χ3n) is 1.50. The molecule has 0 rings (SSSR count). The number of nitrogens with zero attached hydrogens (tertiary/aromatic N) is 2. The molecule has 0 fully saturated rings. The molecular weight excluding hydrogens is 148 g/mol. The zero-order valence-electron chi connectivity index (χ0n) is 8.63. The maximum Gasteiger partial charge on any atom is 0.0885 e. The van der Waals surface area contributed by atoms with Crippen LogP contribution < -0.4 is 0 Å². The molecular formula is C10H18N2. The van der Waals surface area contributed by atoms with Gasteiger partial charge in [0, 0.05) is 19.8 Å². The first-order chi connectivity index (χ1) is 5.57. The molecule has 0 aliphatic heterocycles. The van der Waals surface area contributed by atoms with Gasteiger partial charge in [-0.15, -0.1) is 0 Å². The first-order valence-electron chi connectivity index (χ1n) is 4.05. The van der Waals surface area contributed by atoms with E-state index in [1.54, 1.807) is 13.4 Å². The molecule has 0 spiro atoms. The largest absolute Gasteiger partial charge is 0.340 e. The lowest BCUT2D eigenvalue weighted by Gasteiger charge is -2.12. The van der Waals surface area contributed by atoms with Gasteiger partial charge in [-0.2, -0.15) is 0 Å². The van der Waals surface area contributed by atoms with Gasteiger partial charge >= 0.3 is 0 Å². The van der Waals surface area contributed by atoms with Gasteiger partial charge < -0.3 is 4.90 Å². The van der Waals surface area contributed by atoms with Crippen molar-refractivity contribution in [3.8, 4) is 0 Å². The third-order valence-corrected chi connectivity index (χ3v) is 1.50. The fourth-order valence-electron chi connectivity index (χ4n) is 0.669. The summed E-state index contributed by atoms with van der Waals surface area (Å²) in [6.45, 7) is 6.22. The molecule has 0 radical (unpaired) electrons. The smallest absolute Gasteiger partial charge is 0.0885 e. The van der Waals surface area contributed by atoms with Gasteiger partial charge in [0.15, 0.2) is 0 Å². The van der Waals surface area contributed by atoms with Crippen LogP contribution in [0.5, 0.6) is 0 Å². The Bertz CT molecular complexity index is 208. The minimum absolute atomic E-state index is 1.18. The van der Waals surface area contributed by atoms with Gasteiger partial charge in [0.1, 0.15) is 0 Å². The van der Waals surface area contributed by atoms with Crippen LogP contribution >= 0.6 is 0 Å². The summed E-state index contributed by atoms with van der Waals surface area (Å²) in [5.41, 5.74) is 2.48. The fraction of sp³-hybridized carbons (Fsp3) is 0.500. The molecule has 0 bridgehead atoms. The lowest BCUT2D eigenvalue weighted by Crippen LogP contribution is -2.12. The van der Waals surface area contributed by atoms with E-state index in [1.807, 2.05) is 11.9 Å². The number of hydrogen-bond acceptors (Lipinski definition) is 1. The predicted molar refractivity (Wildman–Crippen MR) is 55.4 cm³/mol. The number of rotatable bonds is 3. The molecule has 12 heavy (non-hydrogen) atoms. The van der Waals surface area contributed by atoms with Crippen LogP contribution in [-0.2, 0) is 0 Å². The molecule has 0 saturated carbocycles. The van der Waals surface area contributed by atoms with Gasteiger partial charge in [0.05, 0.1) is 6.34 Å². The Morgan fingerprint density at radius 3 is 2.17 bits per heavy atom. The lowest BCUT2D eigenvalue weighted by molar-refractivity contribution is 0.645. The zero-order chi connectivity index (χ0) is 9.56. The van der Waals surface area contributed by atoms with Gasteiger partial charge in [0.25, 0.3) is 0 Å². The van der Waals surface area contributed by atoms with Gasteiger partial charge in [0.2, 0.25) is 0 Å². The van der Waals surface area contributed by atoms with Crippen LogP contribution in [0.1, 0.15) is 20.8 Å². The van der Waals surface area contributed by atoms with E-state index in [-0.39, 0.29) is 0 Å². The normalized spacial score (nSPS) is 11.9. The molecule has 68 valence electrons. The fourth-order valence-corrected chi connectivity index (χ4v) is 0.669. The van der Waals surface area contributed by atoms with E-state index in [9.17, 15) is 0 Å². The highest BCUT2D eigenvalue weighted by molar-refractivity contribution is 5.57. The van der Waals surface area contributed by atoms with Crippen LogP contribution in [0, 0.1) is 0 Å². The SMILES string of the molecule is C/N=C\N(C)/C(C)=C/C=C(C)C. The second kappa shape index (κ2) is 5.58. The van der Waals surface area contributed by atoms with Crippen molar-refractivity contribution in [3.05, 3.63) is 23.4 Å². The molecule has 2 heteroatoms. The van der Waals surface area contributed by atoms with Crippen molar-refractivity contribution in [2.24, 2.45) is 4.99 Å². The van der Waals surface area contributed by atoms with Crippen molar-refractivity contribution in [1.82, 2.24) is 4.90 Å². The average Bonchev–Trinajstić information content (AvgIpc) is 2.00. The topological polar surface area (TPSA) is 15.6 Å². The Labute approximate surface area is 75.3 Å². The van der Waals surface area contributed by atoms with Crippen LogP contribution in [0.2, 0.25) is 0 Å². The van der Waals surface area contributed by atoms with Gasteiger partial charge in [-0.05, 0) is 26.8 Å². The minimum atomic E-state index is 1.18. The quantitative estimate of drug-likeness (QED) is 0.357. The predicted octanol–water partition coefficient (Wildman–Crippen LogP) is 2.45. The van der Waals surface area contributed by atoms with Crippen molar-refractivity contribution in [1.29, 1.82) is 0 Å². The highest BCUT2D eigenvalue weighted by atomic mass is 15.1. The highest BCUT2D eigenvalue weighted by Crippen LogP contribution is 1.99. The van der Waals surface area contributed by atoms with Crippen molar-refractivity contribution in [3.63, 3.8) is 0 Å². The Morgan fingerprint density at radius 1 is 1.17 bits per heavy atom. The van der Waals surface area contributed by atoms with Crippen molar-refractivity contribution in [2.75, 3.05) is 14.1 Å². The Balaban J connectivity index is 4.27. The van der Waals surface area contributed by atoms with Crippen molar-refractivity contribution < 1.29 is 0 Å². The van der Waals surface area contributed by atoms with E-state index in [4.69, 9.17) is 0 Å². The molecule has 0 amide bonds. The number of allylic oxidation sites excluding steroid dienone is 4. The summed E-state index contributed by atoms with van der Waals surface area (Å²) < 4.78 is 0. The second-order valence-corrected chi connectivity index (χ2v) is 3.04. The molecule has 0 aromatic carbocycles. The monoisotopic (exact) mass is 166 g/mol. The first kappa shape index (κ1) is 11.0. The van der Waals surface area contributed by atoms with Crippen molar-refractivity contribution >= 4 is 6.34 Å². The van der Waals surface area contributed by atoms with Gasteiger partial charge in [-0.3, -0.25) is 4.99 Å². The van der Waals surface area contributed by atoms with E-state index >= 15 is 0 Å². The summed E-state index contributed by atoms with van der Waals surface area (Å²) >= 11 is 0. The van der Waals surface area contributed by atoms with E-state index in [1.165, 1.54) is 11.3 Å². The molecule has 0 atom stereocenters. The summed E-state index contributed by atoms with van der Waals surface area (Å²) in [6.07, 6.45) is 5.97. The molecule has 0 aromatic heterocycles. The van der Waals surface area contributed by atoms with Crippen molar-refractivity contribution in [2.45, 2.75) is 20.8 Å². The first-order valence-corrected chi connectivity index (χ1v) is 4.05. The summed E-state index contributed by atoms with van der Waals surface area (Å²) in [5.74, 6) is 0. The Hall–Kier alpha value is -1.05. The third kappa shape index (κ3) is 4.72. The molecule has 0 aliphatic carbocycles. The summed E-state index contributed by atoms with van der Waals surface area (Å²) in [4.78, 5) is 5.91. The van der Waals surface area contributed by atoms with E-state index < -0.39 is 0 Å². The lowest BCUT2D eigenvalue weighted by atomic mass is 10.3. The zero-order valence-corrected chi connectivity index (χ0v) is 8.63. The van der Waals surface area contributed by atoms with Gasteiger partial charge in [-0.1, -0.05) is 11.6 Å². The van der Waals surface area contributed by atoms with E-state index in [0.29, 0.717) is 0 Å². The van der Waals surface area contributed by atoms with Crippen LogP contribution in [0.15, 0.2) is 28.4 Å². The summed E-state index contributed by atoms with van der Waals surface area (Å²) in [6, 6.07) is 0. The second-order valence-electron chi connectivity index (χ2n) is 3.04. The molecule has 2 nitrogen and oxygen atoms in total.